The summed E-state index contributed by atoms with van der Waals surface area (Å²) in [6.45, 7) is 0.439. The number of hydrogen-bond acceptors (Lipinski definition) is 5. The fourth-order valence-corrected chi connectivity index (χ4v) is 2.93. The van der Waals surface area contributed by atoms with Crippen LogP contribution in [0.3, 0.4) is 0 Å². The van der Waals surface area contributed by atoms with Gasteiger partial charge in [0.15, 0.2) is 11.5 Å². The third-order valence-electron chi connectivity index (χ3n) is 4.41. The lowest BCUT2D eigenvalue weighted by molar-refractivity contribution is -0.130. The van der Waals surface area contributed by atoms with Gasteiger partial charge in [-0.2, -0.15) is 0 Å². The molecule has 1 amide bonds. The molecule has 6 heteroatoms. The summed E-state index contributed by atoms with van der Waals surface area (Å²) in [6.07, 6.45) is 0.936. The molecule has 0 aliphatic carbocycles. The fourth-order valence-electron chi connectivity index (χ4n) is 2.93. The van der Waals surface area contributed by atoms with Gasteiger partial charge in [-0.1, -0.05) is 12.1 Å². The van der Waals surface area contributed by atoms with E-state index < -0.39 is 0 Å². The molecule has 146 valence electrons. The smallest absolute Gasteiger partial charge is 0.222 e. The summed E-state index contributed by atoms with van der Waals surface area (Å²) < 4.78 is 21.4. The molecular formula is C21H27NO5. The molecule has 0 aliphatic heterocycles. The number of hydrogen-bond donors (Lipinski definition) is 0. The van der Waals surface area contributed by atoms with Gasteiger partial charge >= 0.3 is 0 Å². The van der Waals surface area contributed by atoms with Crippen LogP contribution in [0.5, 0.6) is 23.0 Å². The molecule has 2 aromatic carbocycles. The van der Waals surface area contributed by atoms with Crippen LogP contribution in [-0.2, 0) is 17.8 Å². The molecule has 2 rings (SSSR count). The second-order valence-electron chi connectivity index (χ2n) is 6.08. The van der Waals surface area contributed by atoms with E-state index in [1.165, 1.54) is 0 Å². The predicted molar refractivity (Wildman–Crippen MR) is 104 cm³/mol. The molecule has 27 heavy (non-hydrogen) atoms. The van der Waals surface area contributed by atoms with Gasteiger partial charge in [-0.05, 0) is 36.2 Å². The third-order valence-corrected chi connectivity index (χ3v) is 4.41. The van der Waals surface area contributed by atoms with E-state index in [1.54, 1.807) is 40.4 Å². The molecule has 0 saturated heterocycles. The van der Waals surface area contributed by atoms with Crippen molar-refractivity contribution < 1.29 is 23.7 Å². The van der Waals surface area contributed by atoms with E-state index in [0.29, 0.717) is 30.9 Å². The SMILES string of the molecule is COc1ccc(OC)c(CCC(=O)N(C)Cc2cccc(OC)c2OC)c1. The average Bonchev–Trinajstić information content (AvgIpc) is 2.71. The van der Waals surface area contributed by atoms with Crippen LogP contribution in [0.2, 0.25) is 0 Å². The van der Waals surface area contributed by atoms with E-state index in [1.807, 2.05) is 36.4 Å². The number of benzene rings is 2. The first-order valence-corrected chi connectivity index (χ1v) is 8.68. The molecule has 0 radical (unpaired) electrons. The molecule has 0 spiro atoms. The lowest BCUT2D eigenvalue weighted by atomic mass is 10.1. The van der Waals surface area contributed by atoms with Crippen LogP contribution in [0.25, 0.3) is 0 Å². The van der Waals surface area contributed by atoms with Crippen LogP contribution in [0.4, 0.5) is 0 Å². The predicted octanol–water partition coefficient (Wildman–Crippen LogP) is 3.31. The van der Waals surface area contributed by atoms with Crippen molar-refractivity contribution in [3.63, 3.8) is 0 Å². The second kappa shape index (κ2) is 9.71. The summed E-state index contributed by atoms with van der Waals surface area (Å²) in [5, 5.41) is 0. The highest BCUT2D eigenvalue weighted by atomic mass is 16.5. The number of ether oxygens (including phenoxy) is 4. The molecule has 0 aliphatic rings. The summed E-state index contributed by atoms with van der Waals surface area (Å²) in [5.74, 6) is 2.82. The van der Waals surface area contributed by atoms with Gasteiger partial charge in [0.2, 0.25) is 5.91 Å². The van der Waals surface area contributed by atoms with Gasteiger partial charge in [0.05, 0.1) is 28.4 Å². The Hall–Kier alpha value is -2.89. The molecule has 0 saturated carbocycles. The van der Waals surface area contributed by atoms with Crippen LogP contribution < -0.4 is 18.9 Å². The Balaban J connectivity index is 2.05. The van der Waals surface area contributed by atoms with Gasteiger partial charge in [0, 0.05) is 25.6 Å². The van der Waals surface area contributed by atoms with Crippen LogP contribution in [0.1, 0.15) is 17.5 Å². The second-order valence-corrected chi connectivity index (χ2v) is 6.08. The minimum atomic E-state index is 0.0322. The van der Waals surface area contributed by atoms with Crippen molar-refractivity contribution in [3.8, 4) is 23.0 Å². The first-order chi connectivity index (χ1) is 13.0. The van der Waals surface area contributed by atoms with Gasteiger partial charge in [-0.25, -0.2) is 0 Å². The Morgan fingerprint density at radius 1 is 0.889 bits per heavy atom. The number of carbonyl (C=O) groups excluding carboxylic acids is 1. The van der Waals surface area contributed by atoms with Crippen molar-refractivity contribution in [2.45, 2.75) is 19.4 Å². The molecule has 6 nitrogen and oxygen atoms in total. The quantitative estimate of drug-likeness (QED) is 0.675. The minimum Gasteiger partial charge on any atom is -0.497 e. The van der Waals surface area contributed by atoms with Crippen molar-refractivity contribution in [2.75, 3.05) is 35.5 Å². The van der Waals surface area contributed by atoms with E-state index in [-0.39, 0.29) is 5.91 Å². The molecule has 0 bridgehead atoms. The Morgan fingerprint density at radius 3 is 2.26 bits per heavy atom. The summed E-state index contributed by atoms with van der Waals surface area (Å²) in [7, 11) is 8.21. The first kappa shape index (κ1) is 20.4. The van der Waals surface area contributed by atoms with Gasteiger partial charge in [0.25, 0.3) is 0 Å². The summed E-state index contributed by atoms with van der Waals surface area (Å²) in [6, 6.07) is 11.2. The van der Waals surface area contributed by atoms with Crippen LogP contribution in [0.15, 0.2) is 36.4 Å². The normalized spacial score (nSPS) is 10.3. The maximum atomic E-state index is 12.6. The Morgan fingerprint density at radius 2 is 1.63 bits per heavy atom. The Labute approximate surface area is 160 Å². The van der Waals surface area contributed by atoms with Crippen molar-refractivity contribution >= 4 is 5.91 Å². The zero-order valence-corrected chi connectivity index (χ0v) is 16.6. The molecular weight excluding hydrogens is 346 g/mol. The van der Waals surface area contributed by atoms with E-state index in [9.17, 15) is 4.79 Å². The van der Waals surface area contributed by atoms with E-state index >= 15 is 0 Å². The lowest BCUT2D eigenvalue weighted by Crippen LogP contribution is -2.26. The molecule has 0 fully saturated rings. The van der Waals surface area contributed by atoms with E-state index in [0.717, 1.165) is 22.6 Å². The number of aryl methyl sites for hydroxylation is 1. The van der Waals surface area contributed by atoms with Crippen molar-refractivity contribution in [2.24, 2.45) is 0 Å². The van der Waals surface area contributed by atoms with Gasteiger partial charge in [-0.3, -0.25) is 4.79 Å². The number of methoxy groups -OCH3 is 4. The number of nitrogens with zero attached hydrogens (tertiary/aromatic N) is 1. The van der Waals surface area contributed by atoms with E-state index in [2.05, 4.69) is 0 Å². The zero-order chi connectivity index (χ0) is 19.8. The van der Waals surface area contributed by atoms with Crippen LogP contribution in [0, 0.1) is 0 Å². The highest BCUT2D eigenvalue weighted by Gasteiger charge is 2.16. The number of amides is 1. The van der Waals surface area contributed by atoms with Crippen LogP contribution >= 0.6 is 0 Å². The molecule has 0 heterocycles. The highest BCUT2D eigenvalue weighted by Crippen LogP contribution is 2.31. The molecule has 0 N–H and O–H groups in total. The average molecular weight is 373 g/mol. The molecule has 0 unspecified atom stereocenters. The topological polar surface area (TPSA) is 57.2 Å². The third kappa shape index (κ3) is 5.06. The fraction of sp³-hybridized carbons (Fsp3) is 0.381. The van der Waals surface area contributed by atoms with Crippen molar-refractivity contribution in [1.29, 1.82) is 0 Å². The molecule has 0 atom stereocenters. The number of para-hydroxylation sites is 1. The van der Waals surface area contributed by atoms with E-state index in [4.69, 9.17) is 18.9 Å². The van der Waals surface area contributed by atoms with Crippen LogP contribution in [-0.4, -0.2) is 46.3 Å². The molecule has 0 aromatic heterocycles. The van der Waals surface area contributed by atoms with Gasteiger partial charge in [0.1, 0.15) is 11.5 Å². The van der Waals surface area contributed by atoms with Gasteiger partial charge < -0.3 is 23.8 Å². The largest absolute Gasteiger partial charge is 0.497 e. The Kier molecular flexibility index (Phi) is 7.34. The van der Waals surface area contributed by atoms with Crippen molar-refractivity contribution in [1.82, 2.24) is 4.90 Å². The summed E-state index contributed by atoms with van der Waals surface area (Å²) >= 11 is 0. The highest BCUT2D eigenvalue weighted by molar-refractivity contribution is 5.76. The molecule has 2 aromatic rings. The zero-order valence-electron chi connectivity index (χ0n) is 16.6. The van der Waals surface area contributed by atoms with Gasteiger partial charge in [-0.15, -0.1) is 0 Å². The first-order valence-electron chi connectivity index (χ1n) is 8.68. The minimum absolute atomic E-state index is 0.0322. The lowest BCUT2D eigenvalue weighted by Gasteiger charge is -2.20. The Bertz CT molecular complexity index is 775. The number of rotatable bonds is 9. The maximum absolute atomic E-state index is 12.6. The monoisotopic (exact) mass is 373 g/mol. The maximum Gasteiger partial charge on any atom is 0.222 e. The summed E-state index contributed by atoms with van der Waals surface area (Å²) in [4.78, 5) is 14.3. The number of carbonyl (C=O) groups is 1. The standard InChI is InChI=1S/C21H27NO5/c1-22(14-16-7-6-8-19(26-4)21(16)27-5)20(23)12-9-15-13-17(24-2)10-11-18(15)25-3/h6-8,10-11,13H,9,12,14H2,1-5H3. The van der Waals surface area contributed by atoms with Crippen molar-refractivity contribution in [3.05, 3.63) is 47.5 Å². The summed E-state index contributed by atoms with van der Waals surface area (Å²) in [5.41, 5.74) is 1.84.